The van der Waals surface area contributed by atoms with E-state index in [4.69, 9.17) is 28.4 Å². The number of carbonyl (C=O) groups excluding carboxylic acids is 4. The average Bonchev–Trinajstić information content (AvgIpc) is 3.33. The van der Waals surface area contributed by atoms with Crippen LogP contribution in [0.1, 0.15) is 31.8 Å². The lowest BCUT2D eigenvalue weighted by molar-refractivity contribution is -0.129. The minimum atomic E-state index is -0.644. The molecule has 8 aromatic rings. The smallest absolute Gasteiger partial charge is 0.343 e. The first-order valence-corrected chi connectivity index (χ1v) is 20.0. The Morgan fingerprint density at radius 1 is 0.375 bits per heavy atom. The minimum Gasteiger partial charge on any atom is -0.497 e. The van der Waals surface area contributed by atoms with Gasteiger partial charge in [-0.15, -0.1) is 0 Å². The van der Waals surface area contributed by atoms with Crippen molar-refractivity contribution in [1.82, 2.24) is 0 Å². The van der Waals surface area contributed by atoms with E-state index in [0.29, 0.717) is 56.4 Å². The molecule has 0 saturated heterocycles. The van der Waals surface area contributed by atoms with E-state index < -0.39 is 23.9 Å². The molecule has 8 aromatic carbocycles. The van der Waals surface area contributed by atoms with Gasteiger partial charge in [0.2, 0.25) is 0 Å². The number of hydrogen-bond donors (Lipinski definition) is 0. The van der Waals surface area contributed by atoms with Crippen molar-refractivity contribution >= 4 is 57.6 Å². The Kier molecular flexibility index (Phi) is 12.7. The minimum absolute atomic E-state index is 0.256. The van der Waals surface area contributed by atoms with E-state index in [1.54, 1.807) is 136 Å². The Morgan fingerprint density at radius 3 is 1.11 bits per heavy atom. The Balaban J connectivity index is 1.01. The highest BCUT2D eigenvalue weighted by Crippen LogP contribution is 2.45. The van der Waals surface area contributed by atoms with Gasteiger partial charge in [-0.3, -0.25) is 0 Å². The summed E-state index contributed by atoms with van der Waals surface area (Å²) in [5.74, 6) is 0.116. The molecule has 0 aliphatic carbocycles. The third kappa shape index (κ3) is 9.88. The molecule has 10 heteroatoms. The lowest BCUT2D eigenvalue weighted by Gasteiger charge is -2.18. The normalized spacial score (nSPS) is 11.1. The highest BCUT2D eigenvalue weighted by Gasteiger charge is 2.21. The molecule has 0 spiro atoms. The van der Waals surface area contributed by atoms with Gasteiger partial charge in [-0.05, 0) is 130 Å². The van der Waals surface area contributed by atoms with Crippen molar-refractivity contribution in [2.24, 2.45) is 0 Å². The largest absolute Gasteiger partial charge is 0.497 e. The van der Waals surface area contributed by atoms with Gasteiger partial charge >= 0.3 is 23.9 Å². The first-order chi connectivity index (χ1) is 31.2. The molecular formula is C54H38O10. The zero-order valence-corrected chi connectivity index (χ0v) is 34.6. The molecule has 10 nitrogen and oxygen atoms in total. The summed E-state index contributed by atoms with van der Waals surface area (Å²) in [5.41, 5.74) is 3.20. The number of methoxy groups -OCH3 is 2. The van der Waals surface area contributed by atoms with E-state index in [1.807, 2.05) is 60.7 Å². The van der Waals surface area contributed by atoms with E-state index in [1.165, 1.54) is 12.2 Å². The van der Waals surface area contributed by atoms with Crippen LogP contribution in [0.5, 0.6) is 34.5 Å². The number of rotatable bonds is 13. The molecule has 0 bridgehead atoms. The number of carbonyl (C=O) groups is 4. The zero-order valence-electron chi connectivity index (χ0n) is 34.6. The molecule has 0 amide bonds. The van der Waals surface area contributed by atoms with Crippen molar-refractivity contribution in [2.45, 2.75) is 0 Å². The molecule has 0 heterocycles. The van der Waals surface area contributed by atoms with Crippen molar-refractivity contribution in [3.63, 3.8) is 0 Å². The summed E-state index contributed by atoms with van der Waals surface area (Å²) < 4.78 is 33.4. The number of hydrogen-bond acceptors (Lipinski definition) is 10. The summed E-state index contributed by atoms with van der Waals surface area (Å²) in [7, 11) is 3.10. The fraction of sp³-hybridized carbons (Fsp3) is 0.0370. The number of benzene rings is 8. The predicted molar refractivity (Wildman–Crippen MR) is 245 cm³/mol. The molecule has 0 unspecified atom stereocenters. The highest BCUT2D eigenvalue weighted by atomic mass is 16.5. The Hall–Kier alpha value is -8.76. The van der Waals surface area contributed by atoms with Crippen molar-refractivity contribution in [3.05, 3.63) is 204 Å². The number of ether oxygens (including phenoxy) is 6. The van der Waals surface area contributed by atoms with Crippen molar-refractivity contribution in [2.75, 3.05) is 14.2 Å². The van der Waals surface area contributed by atoms with E-state index in [9.17, 15) is 19.2 Å². The summed E-state index contributed by atoms with van der Waals surface area (Å²) in [4.78, 5) is 52.3. The van der Waals surface area contributed by atoms with E-state index >= 15 is 0 Å². The van der Waals surface area contributed by atoms with Gasteiger partial charge in [0.15, 0.2) is 0 Å². The van der Waals surface area contributed by atoms with Crippen LogP contribution >= 0.6 is 0 Å². The summed E-state index contributed by atoms with van der Waals surface area (Å²) >= 11 is 0. The van der Waals surface area contributed by atoms with Crippen LogP contribution < -0.4 is 28.4 Å². The summed E-state index contributed by atoms with van der Waals surface area (Å²) in [6, 6.07) is 49.1. The topological polar surface area (TPSA) is 124 Å². The second-order valence-electron chi connectivity index (χ2n) is 14.2. The van der Waals surface area contributed by atoms with Crippen LogP contribution in [0.25, 0.3) is 44.8 Å². The Morgan fingerprint density at radius 2 is 0.734 bits per heavy atom. The van der Waals surface area contributed by atoms with E-state index in [2.05, 4.69) is 0 Å². The van der Waals surface area contributed by atoms with Crippen LogP contribution in [-0.4, -0.2) is 38.1 Å². The molecule has 0 saturated carbocycles. The molecule has 0 N–H and O–H groups in total. The maximum Gasteiger partial charge on any atom is 0.343 e. The van der Waals surface area contributed by atoms with Crippen LogP contribution in [0.2, 0.25) is 0 Å². The second-order valence-corrected chi connectivity index (χ2v) is 14.2. The van der Waals surface area contributed by atoms with Gasteiger partial charge in [-0.1, -0.05) is 84.9 Å². The molecule has 0 aliphatic rings. The van der Waals surface area contributed by atoms with Gasteiger partial charge in [0.05, 0.1) is 25.3 Å². The first-order valence-electron chi connectivity index (χ1n) is 20.0. The van der Waals surface area contributed by atoms with Gasteiger partial charge in [-0.2, -0.15) is 0 Å². The molecule has 0 fully saturated rings. The molecular weight excluding hydrogens is 809 g/mol. The van der Waals surface area contributed by atoms with Crippen molar-refractivity contribution in [1.29, 1.82) is 0 Å². The van der Waals surface area contributed by atoms with Crippen LogP contribution in [0.15, 0.2) is 182 Å². The standard InChI is InChI=1S/C54H38O10/c1-59-41-27-17-39(18-28-41)53(57)61-43-23-11-35(12-24-43)15-33-49(55)63-47-31-21-37-7-3-5-9-45(37)51(47)52-46-10-6-4-8-38(46)22-32-48(52)64-50(56)34-16-36-13-25-44(26-14-36)62-54(58)40-19-29-42(60-2)30-20-40/h3-34H,1-2H3/b33-15-,34-16-. The maximum atomic E-state index is 13.5. The van der Waals surface area contributed by atoms with Gasteiger partial charge in [-0.25, -0.2) is 19.2 Å². The first kappa shape index (κ1) is 42.0. The summed E-state index contributed by atoms with van der Waals surface area (Å²) in [6.07, 6.45) is 5.81. The highest BCUT2D eigenvalue weighted by molar-refractivity contribution is 6.11. The number of fused-ring (bicyclic) bond motifs is 2. The van der Waals surface area contributed by atoms with Crippen LogP contribution in [-0.2, 0) is 9.59 Å². The van der Waals surface area contributed by atoms with E-state index in [0.717, 1.165) is 21.5 Å². The molecule has 314 valence electrons. The lowest BCUT2D eigenvalue weighted by Crippen LogP contribution is -2.08. The molecule has 0 radical (unpaired) electrons. The van der Waals surface area contributed by atoms with E-state index in [-0.39, 0.29) is 11.5 Å². The number of esters is 4. The Bertz CT molecular complexity index is 2850. The Labute approximate surface area is 368 Å². The van der Waals surface area contributed by atoms with Crippen LogP contribution in [0.4, 0.5) is 0 Å². The molecule has 64 heavy (non-hydrogen) atoms. The summed E-state index contributed by atoms with van der Waals surface area (Å²) in [5, 5.41) is 3.30. The lowest BCUT2D eigenvalue weighted by atomic mass is 9.92. The second kappa shape index (κ2) is 19.3. The monoisotopic (exact) mass is 846 g/mol. The average molecular weight is 847 g/mol. The molecule has 0 atom stereocenters. The third-order valence-corrected chi connectivity index (χ3v) is 10.1. The molecule has 0 aliphatic heterocycles. The quantitative estimate of drug-likeness (QED) is 0.0629. The van der Waals surface area contributed by atoms with Crippen molar-refractivity contribution in [3.8, 4) is 45.6 Å². The molecule has 0 aromatic heterocycles. The SMILES string of the molecule is COc1ccc(C(=O)Oc2ccc(/C=C\C(=O)Oc3ccc4ccccc4c3-c3c(OC(=O)/C=C\c4ccc(OC(=O)c5ccc(OC)cc5)cc4)ccc4ccccc34)cc2)cc1. The van der Waals surface area contributed by atoms with Gasteiger partial charge in [0.1, 0.15) is 34.5 Å². The van der Waals surface area contributed by atoms with Gasteiger partial charge < -0.3 is 28.4 Å². The molecule has 8 rings (SSSR count). The van der Waals surface area contributed by atoms with Crippen LogP contribution in [0.3, 0.4) is 0 Å². The zero-order chi connectivity index (χ0) is 44.4. The van der Waals surface area contributed by atoms with Gasteiger partial charge in [0, 0.05) is 23.3 Å². The van der Waals surface area contributed by atoms with Crippen LogP contribution in [0, 0.1) is 0 Å². The fourth-order valence-electron chi connectivity index (χ4n) is 6.88. The summed E-state index contributed by atoms with van der Waals surface area (Å²) in [6.45, 7) is 0. The fourth-order valence-corrected chi connectivity index (χ4v) is 6.88. The maximum absolute atomic E-state index is 13.5. The predicted octanol–water partition coefficient (Wildman–Crippen LogP) is 11.4. The van der Waals surface area contributed by atoms with Crippen molar-refractivity contribution < 1.29 is 47.6 Å². The third-order valence-electron chi connectivity index (χ3n) is 10.1. The van der Waals surface area contributed by atoms with Gasteiger partial charge in [0.25, 0.3) is 0 Å².